The Balaban J connectivity index is 2.31. The van der Waals surface area contributed by atoms with Gasteiger partial charge in [-0.1, -0.05) is 12.1 Å². The normalized spacial score (nSPS) is 10.2. The highest BCUT2D eigenvalue weighted by Gasteiger charge is 2.10. The molecule has 0 amide bonds. The van der Waals surface area contributed by atoms with E-state index in [0.29, 0.717) is 11.3 Å². The van der Waals surface area contributed by atoms with Crippen molar-refractivity contribution in [1.82, 2.24) is 4.98 Å². The molecule has 0 aliphatic heterocycles. The van der Waals surface area contributed by atoms with Gasteiger partial charge in [0.1, 0.15) is 5.75 Å². The number of nitrogen functional groups attached to an aromatic ring is 1. The maximum Gasteiger partial charge on any atom is 0.354 e. The van der Waals surface area contributed by atoms with Crippen molar-refractivity contribution in [1.29, 1.82) is 0 Å². The smallest absolute Gasteiger partial charge is 0.354 e. The molecule has 0 saturated heterocycles. The van der Waals surface area contributed by atoms with Crippen molar-refractivity contribution in [2.24, 2.45) is 0 Å². The monoisotopic (exact) mass is 260 g/mol. The zero-order valence-corrected chi connectivity index (χ0v) is 9.91. The third-order valence-electron chi connectivity index (χ3n) is 2.40. The lowest BCUT2D eigenvalue weighted by Gasteiger charge is -2.08. The standard InChI is InChI=1S/C13H12N2O4/c14-10-4-5-11(13(17)18)15-12(10)19-9-3-1-2-8(6-9)7-16/h1-6,16H,7,14H2,(H,17,18). The molecule has 0 spiro atoms. The number of anilines is 1. The Hall–Kier alpha value is -2.60. The molecule has 1 aromatic heterocycles. The topological polar surface area (TPSA) is 106 Å². The number of hydrogen-bond donors (Lipinski definition) is 3. The molecular formula is C13H12N2O4. The maximum absolute atomic E-state index is 10.8. The van der Waals surface area contributed by atoms with Crippen molar-refractivity contribution in [2.45, 2.75) is 6.61 Å². The lowest BCUT2D eigenvalue weighted by molar-refractivity contribution is 0.0689. The van der Waals surface area contributed by atoms with Gasteiger partial charge in [-0.25, -0.2) is 9.78 Å². The number of carboxylic acid groups (broad SMARTS) is 1. The summed E-state index contributed by atoms with van der Waals surface area (Å²) in [5.74, 6) is -0.711. The Labute approximate surface area is 109 Å². The summed E-state index contributed by atoms with van der Waals surface area (Å²) in [4.78, 5) is 14.6. The van der Waals surface area contributed by atoms with Gasteiger partial charge in [0.05, 0.1) is 12.3 Å². The molecule has 0 fully saturated rings. The summed E-state index contributed by atoms with van der Waals surface area (Å²) in [6, 6.07) is 9.44. The van der Waals surface area contributed by atoms with Crippen molar-refractivity contribution >= 4 is 11.7 Å². The van der Waals surface area contributed by atoms with Crippen LogP contribution < -0.4 is 10.5 Å². The number of ether oxygens (including phenoxy) is 1. The molecule has 0 saturated carbocycles. The SMILES string of the molecule is Nc1ccc(C(=O)O)nc1Oc1cccc(CO)c1. The first-order valence-corrected chi connectivity index (χ1v) is 5.47. The average Bonchev–Trinajstić information content (AvgIpc) is 2.41. The van der Waals surface area contributed by atoms with Crippen LogP contribution in [0.4, 0.5) is 5.69 Å². The first-order valence-electron chi connectivity index (χ1n) is 5.47. The predicted octanol–water partition coefficient (Wildman–Crippen LogP) is 1.65. The van der Waals surface area contributed by atoms with Crippen LogP contribution in [0.25, 0.3) is 0 Å². The maximum atomic E-state index is 10.8. The number of aliphatic hydroxyl groups is 1. The lowest BCUT2D eigenvalue weighted by Crippen LogP contribution is -2.03. The number of aliphatic hydroxyl groups excluding tert-OH is 1. The second-order valence-electron chi connectivity index (χ2n) is 3.80. The highest BCUT2D eigenvalue weighted by Crippen LogP contribution is 2.26. The third kappa shape index (κ3) is 2.99. The molecule has 0 atom stereocenters. The van der Waals surface area contributed by atoms with Crippen molar-refractivity contribution < 1.29 is 19.7 Å². The number of rotatable bonds is 4. The molecule has 2 rings (SSSR count). The largest absolute Gasteiger partial charge is 0.477 e. The predicted molar refractivity (Wildman–Crippen MR) is 68.0 cm³/mol. The minimum absolute atomic E-state index is 0.0231. The molecule has 0 radical (unpaired) electrons. The van der Waals surface area contributed by atoms with Gasteiger partial charge in [0.2, 0.25) is 5.88 Å². The van der Waals surface area contributed by atoms with Gasteiger partial charge in [-0.05, 0) is 29.8 Å². The number of carboxylic acids is 1. The number of benzene rings is 1. The Kier molecular flexibility index (Phi) is 3.63. The van der Waals surface area contributed by atoms with Gasteiger partial charge in [0.25, 0.3) is 0 Å². The summed E-state index contributed by atoms with van der Waals surface area (Å²) in [5.41, 5.74) is 6.44. The van der Waals surface area contributed by atoms with Crippen LogP contribution >= 0.6 is 0 Å². The Bertz CT molecular complexity index is 613. The number of pyridine rings is 1. The van der Waals surface area contributed by atoms with E-state index in [-0.39, 0.29) is 23.9 Å². The number of nitrogens with two attached hydrogens (primary N) is 1. The van der Waals surface area contributed by atoms with Gasteiger partial charge >= 0.3 is 5.97 Å². The van der Waals surface area contributed by atoms with Gasteiger partial charge in [-0.15, -0.1) is 0 Å². The number of aromatic nitrogens is 1. The van der Waals surface area contributed by atoms with Gasteiger partial charge in [0.15, 0.2) is 5.69 Å². The van der Waals surface area contributed by atoms with Crippen molar-refractivity contribution in [3.05, 3.63) is 47.7 Å². The van der Waals surface area contributed by atoms with E-state index in [2.05, 4.69) is 4.98 Å². The molecule has 4 N–H and O–H groups in total. The van der Waals surface area contributed by atoms with Crippen LogP contribution in [-0.2, 0) is 6.61 Å². The molecule has 98 valence electrons. The fourth-order valence-electron chi connectivity index (χ4n) is 1.47. The van der Waals surface area contributed by atoms with Gasteiger partial charge < -0.3 is 20.7 Å². The summed E-state index contributed by atoms with van der Waals surface area (Å²) >= 11 is 0. The van der Waals surface area contributed by atoms with Crippen molar-refractivity contribution in [2.75, 3.05) is 5.73 Å². The van der Waals surface area contributed by atoms with Crippen molar-refractivity contribution in [3.63, 3.8) is 0 Å². The molecule has 0 unspecified atom stereocenters. The van der Waals surface area contributed by atoms with Crippen LogP contribution in [0, 0.1) is 0 Å². The zero-order chi connectivity index (χ0) is 13.8. The Morgan fingerprint density at radius 2 is 2.11 bits per heavy atom. The molecular weight excluding hydrogens is 248 g/mol. The van der Waals surface area contributed by atoms with E-state index in [1.165, 1.54) is 12.1 Å². The number of carbonyl (C=O) groups is 1. The fourth-order valence-corrected chi connectivity index (χ4v) is 1.47. The first-order chi connectivity index (χ1) is 9.10. The van der Waals surface area contributed by atoms with Crippen LogP contribution in [0.15, 0.2) is 36.4 Å². The summed E-state index contributed by atoms with van der Waals surface area (Å²) in [6.07, 6.45) is 0. The quantitative estimate of drug-likeness (QED) is 0.771. The summed E-state index contributed by atoms with van der Waals surface area (Å²) < 4.78 is 5.43. The summed E-state index contributed by atoms with van der Waals surface area (Å²) in [6.45, 7) is -0.116. The third-order valence-corrected chi connectivity index (χ3v) is 2.40. The second-order valence-corrected chi connectivity index (χ2v) is 3.80. The molecule has 19 heavy (non-hydrogen) atoms. The Morgan fingerprint density at radius 3 is 2.79 bits per heavy atom. The van der Waals surface area contributed by atoms with Crippen LogP contribution in [0.5, 0.6) is 11.6 Å². The van der Waals surface area contributed by atoms with Gasteiger partial charge in [0, 0.05) is 0 Å². The summed E-state index contributed by atoms with van der Waals surface area (Å²) in [5, 5.41) is 17.9. The molecule has 0 aliphatic carbocycles. The van der Waals surface area contributed by atoms with E-state index in [1.807, 2.05) is 0 Å². The van der Waals surface area contributed by atoms with Crippen LogP contribution in [0.2, 0.25) is 0 Å². The number of aromatic carboxylic acids is 1. The van der Waals surface area contributed by atoms with E-state index in [1.54, 1.807) is 24.3 Å². The minimum atomic E-state index is -1.16. The molecule has 1 heterocycles. The average molecular weight is 260 g/mol. The van der Waals surface area contributed by atoms with Gasteiger partial charge in [-0.2, -0.15) is 0 Å². The molecule has 6 heteroatoms. The molecule has 6 nitrogen and oxygen atoms in total. The molecule has 2 aromatic rings. The van der Waals surface area contributed by atoms with Gasteiger partial charge in [-0.3, -0.25) is 0 Å². The van der Waals surface area contributed by atoms with E-state index in [0.717, 1.165) is 0 Å². The van der Waals surface area contributed by atoms with E-state index in [4.69, 9.17) is 20.7 Å². The van der Waals surface area contributed by atoms with Crippen LogP contribution in [0.3, 0.4) is 0 Å². The fraction of sp³-hybridized carbons (Fsp3) is 0.0769. The second kappa shape index (κ2) is 5.36. The van der Waals surface area contributed by atoms with E-state index < -0.39 is 5.97 Å². The first kappa shape index (κ1) is 12.8. The highest BCUT2D eigenvalue weighted by molar-refractivity contribution is 5.86. The molecule has 1 aromatic carbocycles. The number of nitrogens with zero attached hydrogens (tertiary/aromatic N) is 1. The molecule has 0 aliphatic rings. The van der Waals surface area contributed by atoms with E-state index >= 15 is 0 Å². The number of hydrogen-bond acceptors (Lipinski definition) is 5. The summed E-state index contributed by atoms with van der Waals surface area (Å²) in [7, 11) is 0. The zero-order valence-electron chi connectivity index (χ0n) is 9.91. The van der Waals surface area contributed by atoms with Crippen LogP contribution in [0.1, 0.15) is 16.1 Å². The Morgan fingerprint density at radius 1 is 1.32 bits per heavy atom. The van der Waals surface area contributed by atoms with E-state index in [9.17, 15) is 4.79 Å². The van der Waals surface area contributed by atoms with Crippen LogP contribution in [-0.4, -0.2) is 21.2 Å². The lowest BCUT2D eigenvalue weighted by atomic mass is 10.2. The highest BCUT2D eigenvalue weighted by atomic mass is 16.5. The molecule has 0 bridgehead atoms. The van der Waals surface area contributed by atoms with Crippen molar-refractivity contribution in [3.8, 4) is 11.6 Å². The minimum Gasteiger partial charge on any atom is -0.477 e.